The van der Waals surface area contributed by atoms with Crippen molar-refractivity contribution in [2.24, 2.45) is 5.92 Å². The maximum atomic E-state index is 12.6. The average Bonchev–Trinajstić information content (AvgIpc) is 2.99. The molecule has 2 aliphatic carbocycles. The molecule has 0 bridgehead atoms. The first-order chi connectivity index (χ1) is 8.48. The van der Waals surface area contributed by atoms with Crippen molar-refractivity contribution < 1.29 is 18.3 Å². The predicted octanol–water partition coefficient (Wildman–Crippen LogP) is 1.44. The van der Waals surface area contributed by atoms with Gasteiger partial charge in [0.05, 0.1) is 11.2 Å². The Morgan fingerprint density at radius 3 is 2.44 bits per heavy atom. The van der Waals surface area contributed by atoms with Gasteiger partial charge in [0.25, 0.3) is 0 Å². The summed E-state index contributed by atoms with van der Waals surface area (Å²) in [6.45, 7) is 2.48. The van der Waals surface area contributed by atoms with Gasteiger partial charge in [0.1, 0.15) is 0 Å². The first-order valence-electron chi connectivity index (χ1n) is 6.72. The monoisotopic (exact) mass is 275 g/mol. The molecular formula is C12H21NO4S. The molecule has 0 spiro atoms. The van der Waals surface area contributed by atoms with E-state index in [1.807, 2.05) is 6.92 Å². The van der Waals surface area contributed by atoms with Crippen LogP contribution in [0.2, 0.25) is 0 Å². The Labute approximate surface area is 108 Å². The van der Waals surface area contributed by atoms with E-state index >= 15 is 0 Å². The fourth-order valence-electron chi connectivity index (χ4n) is 2.84. The lowest BCUT2D eigenvalue weighted by Gasteiger charge is -2.27. The van der Waals surface area contributed by atoms with Gasteiger partial charge in [-0.25, -0.2) is 8.42 Å². The molecule has 2 unspecified atom stereocenters. The highest BCUT2D eigenvalue weighted by Gasteiger charge is 2.47. The number of carbonyl (C=O) groups is 1. The van der Waals surface area contributed by atoms with Gasteiger partial charge in [0.15, 0.2) is 0 Å². The topological polar surface area (TPSA) is 74.7 Å². The molecule has 0 radical (unpaired) electrons. The molecular weight excluding hydrogens is 254 g/mol. The molecule has 2 saturated carbocycles. The van der Waals surface area contributed by atoms with E-state index in [9.17, 15) is 13.2 Å². The Balaban J connectivity index is 2.20. The smallest absolute Gasteiger partial charge is 0.307 e. The molecule has 2 fully saturated rings. The van der Waals surface area contributed by atoms with E-state index in [-0.39, 0.29) is 6.04 Å². The first kappa shape index (κ1) is 13.8. The van der Waals surface area contributed by atoms with Crippen LogP contribution < -0.4 is 0 Å². The molecule has 0 saturated heterocycles. The van der Waals surface area contributed by atoms with Gasteiger partial charge in [-0.05, 0) is 32.1 Å². The van der Waals surface area contributed by atoms with Crippen LogP contribution in [0.3, 0.4) is 0 Å². The number of carboxylic acid groups (broad SMARTS) is 1. The number of carboxylic acids is 1. The second kappa shape index (κ2) is 5.17. The zero-order chi connectivity index (χ0) is 13.3. The summed E-state index contributed by atoms with van der Waals surface area (Å²) in [4.78, 5) is 11.1. The molecule has 0 aromatic heterocycles. The van der Waals surface area contributed by atoms with E-state index in [1.54, 1.807) is 4.31 Å². The summed E-state index contributed by atoms with van der Waals surface area (Å²) in [5.41, 5.74) is 0. The minimum Gasteiger partial charge on any atom is -0.481 e. The van der Waals surface area contributed by atoms with Crippen molar-refractivity contribution in [3.05, 3.63) is 0 Å². The lowest BCUT2D eigenvalue weighted by atomic mass is 10.1. The number of aliphatic carboxylic acids is 1. The maximum Gasteiger partial charge on any atom is 0.307 e. The lowest BCUT2D eigenvalue weighted by molar-refractivity contribution is -0.141. The molecule has 2 atom stereocenters. The molecule has 0 heterocycles. The summed E-state index contributed by atoms with van der Waals surface area (Å²) < 4.78 is 26.7. The SMILES string of the molecule is CCCN(C1CC1)S(=O)(=O)C1CCCC1C(=O)O. The van der Waals surface area contributed by atoms with Gasteiger partial charge in [-0.2, -0.15) is 4.31 Å². The van der Waals surface area contributed by atoms with Crippen LogP contribution in [0.15, 0.2) is 0 Å². The van der Waals surface area contributed by atoms with Crippen LogP contribution in [0.4, 0.5) is 0 Å². The van der Waals surface area contributed by atoms with Crippen LogP contribution in [0.1, 0.15) is 45.4 Å². The van der Waals surface area contributed by atoms with Crippen molar-refractivity contribution in [1.29, 1.82) is 0 Å². The minimum absolute atomic E-state index is 0.130. The van der Waals surface area contributed by atoms with E-state index in [0.29, 0.717) is 25.8 Å². The van der Waals surface area contributed by atoms with Crippen LogP contribution in [-0.4, -0.2) is 41.6 Å². The quantitative estimate of drug-likeness (QED) is 0.796. The van der Waals surface area contributed by atoms with Gasteiger partial charge >= 0.3 is 5.97 Å². The van der Waals surface area contributed by atoms with Gasteiger partial charge in [-0.15, -0.1) is 0 Å². The molecule has 104 valence electrons. The van der Waals surface area contributed by atoms with Gasteiger partial charge < -0.3 is 5.11 Å². The standard InChI is InChI=1S/C12H21NO4S/c1-2-8-13(9-6-7-9)18(16,17)11-5-3-4-10(11)12(14)15/h9-11H,2-8H2,1H3,(H,14,15). The van der Waals surface area contributed by atoms with Crippen LogP contribution in [0, 0.1) is 5.92 Å². The van der Waals surface area contributed by atoms with Crippen molar-refractivity contribution >= 4 is 16.0 Å². The van der Waals surface area contributed by atoms with Crippen molar-refractivity contribution in [3.63, 3.8) is 0 Å². The zero-order valence-corrected chi connectivity index (χ0v) is 11.5. The Bertz CT molecular complexity index is 416. The van der Waals surface area contributed by atoms with E-state index < -0.39 is 27.2 Å². The Kier molecular flexibility index (Phi) is 3.96. The molecule has 18 heavy (non-hydrogen) atoms. The van der Waals surface area contributed by atoms with Crippen LogP contribution in [0.25, 0.3) is 0 Å². The van der Waals surface area contributed by atoms with E-state index in [4.69, 9.17) is 5.11 Å². The van der Waals surface area contributed by atoms with E-state index in [1.165, 1.54) is 0 Å². The van der Waals surface area contributed by atoms with E-state index in [0.717, 1.165) is 19.3 Å². The Morgan fingerprint density at radius 1 is 1.28 bits per heavy atom. The largest absolute Gasteiger partial charge is 0.481 e. The molecule has 6 heteroatoms. The van der Waals surface area contributed by atoms with Crippen molar-refractivity contribution in [2.45, 2.75) is 56.7 Å². The zero-order valence-electron chi connectivity index (χ0n) is 10.7. The second-order valence-electron chi connectivity index (χ2n) is 5.30. The number of rotatable bonds is 6. The summed E-state index contributed by atoms with van der Waals surface area (Å²) in [6, 6.07) is 0.130. The van der Waals surface area contributed by atoms with Crippen molar-refractivity contribution in [3.8, 4) is 0 Å². The third-order valence-electron chi connectivity index (χ3n) is 3.88. The summed E-state index contributed by atoms with van der Waals surface area (Å²) in [5.74, 6) is -1.68. The highest BCUT2D eigenvalue weighted by atomic mass is 32.2. The summed E-state index contributed by atoms with van der Waals surface area (Å²) >= 11 is 0. The molecule has 1 N–H and O–H groups in total. The summed E-state index contributed by atoms with van der Waals surface area (Å²) in [6.07, 6.45) is 4.30. The molecule has 0 aromatic carbocycles. The fourth-order valence-corrected chi connectivity index (χ4v) is 5.38. The number of nitrogens with zero attached hydrogens (tertiary/aromatic N) is 1. The van der Waals surface area contributed by atoms with Crippen molar-refractivity contribution in [2.75, 3.05) is 6.54 Å². The third kappa shape index (κ3) is 2.54. The summed E-state index contributed by atoms with van der Waals surface area (Å²) in [5, 5.41) is 8.42. The minimum atomic E-state index is -3.44. The molecule has 0 amide bonds. The highest BCUT2D eigenvalue weighted by molar-refractivity contribution is 7.89. The van der Waals surface area contributed by atoms with Crippen LogP contribution in [-0.2, 0) is 14.8 Å². The maximum absolute atomic E-state index is 12.6. The van der Waals surface area contributed by atoms with Crippen LogP contribution >= 0.6 is 0 Å². The fraction of sp³-hybridized carbons (Fsp3) is 0.917. The third-order valence-corrected chi connectivity index (χ3v) is 6.34. The van der Waals surface area contributed by atoms with Gasteiger partial charge in [-0.3, -0.25) is 4.79 Å². The average molecular weight is 275 g/mol. The summed E-state index contributed by atoms with van der Waals surface area (Å²) in [7, 11) is -3.44. The van der Waals surface area contributed by atoms with Gasteiger partial charge in [0, 0.05) is 12.6 Å². The van der Waals surface area contributed by atoms with Gasteiger partial charge in [0.2, 0.25) is 10.0 Å². The molecule has 2 rings (SSSR count). The molecule has 0 aromatic rings. The number of hydrogen-bond acceptors (Lipinski definition) is 3. The Morgan fingerprint density at radius 2 is 1.94 bits per heavy atom. The molecule has 2 aliphatic rings. The predicted molar refractivity (Wildman–Crippen MR) is 67.7 cm³/mol. The lowest BCUT2D eigenvalue weighted by Crippen LogP contribution is -2.43. The van der Waals surface area contributed by atoms with Crippen LogP contribution in [0.5, 0.6) is 0 Å². The first-order valence-corrected chi connectivity index (χ1v) is 8.22. The normalized spacial score (nSPS) is 28.8. The molecule has 5 nitrogen and oxygen atoms in total. The number of sulfonamides is 1. The van der Waals surface area contributed by atoms with Gasteiger partial charge in [-0.1, -0.05) is 13.3 Å². The Hall–Kier alpha value is -0.620. The van der Waals surface area contributed by atoms with E-state index in [2.05, 4.69) is 0 Å². The van der Waals surface area contributed by atoms with Crippen molar-refractivity contribution in [1.82, 2.24) is 4.31 Å². The highest BCUT2D eigenvalue weighted by Crippen LogP contribution is 2.37. The number of hydrogen-bond donors (Lipinski definition) is 1. The second-order valence-corrected chi connectivity index (χ2v) is 7.41. The molecule has 0 aliphatic heterocycles.